The third kappa shape index (κ3) is 2.71. The highest BCUT2D eigenvalue weighted by Gasteiger charge is 2.20. The molecule has 2 N–H and O–H groups in total. The maximum Gasteiger partial charge on any atom is 0.338 e. The number of rotatable bonds is 5. The summed E-state index contributed by atoms with van der Waals surface area (Å²) in [5, 5.41) is 22.7. The van der Waals surface area contributed by atoms with Gasteiger partial charge in [0.15, 0.2) is 0 Å². The van der Waals surface area contributed by atoms with Gasteiger partial charge in [-0.25, -0.2) is 4.79 Å². The molecule has 2 aromatic rings. The number of benzene rings is 1. The van der Waals surface area contributed by atoms with Crippen LogP contribution in [-0.2, 0) is 6.54 Å². The van der Waals surface area contributed by atoms with Crippen molar-refractivity contribution in [1.82, 2.24) is 0 Å². The van der Waals surface area contributed by atoms with E-state index in [9.17, 15) is 14.9 Å². The van der Waals surface area contributed by atoms with Gasteiger partial charge < -0.3 is 14.8 Å². The lowest BCUT2D eigenvalue weighted by molar-refractivity contribution is -0.384. The van der Waals surface area contributed by atoms with E-state index < -0.39 is 10.9 Å². The third-order valence-electron chi connectivity index (χ3n) is 2.52. The molecule has 98 valence electrons. The number of nitrogens with one attached hydrogen (secondary N) is 1. The Labute approximate surface area is 107 Å². The van der Waals surface area contributed by atoms with Gasteiger partial charge in [-0.2, -0.15) is 0 Å². The number of aromatic carboxylic acids is 1. The molecule has 0 atom stereocenters. The molecule has 0 aliphatic carbocycles. The highest BCUT2D eigenvalue weighted by Crippen LogP contribution is 2.28. The quantitative estimate of drug-likeness (QED) is 0.633. The van der Waals surface area contributed by atoms with Gasteiger partial charge in [0.25, 0.3) is 5.69 Å². The molecule has 0 fully saturated rings. The van der Waals surface area contributed by atoms with Crippen LogP contribution in [0.15, 0.2) is 41.2 Å². The van der Waals surface area contributed by atoms with Gasteiger partial charge >= 0.3 is 5.97 Å². The van der Waals surface area contributed by atoms with Crippen LogP contribution in [0.4, 0.5) is 11.4 Å². The first kappa shape index (κ1) is 12.6. The summed E-state index contributed by atoms with van der Waals surface area (Å²) in [6.45, 7) is 0.238. The molecule has 7 heteroatoms. The van der Waals surface area contributed by atoms with Gasteiger partial charge in [0.1, 0.15) is 5.69 Å². The fraction of sp³-hybridized carbons (Fsp3) is 0.0833. The maximum absolute atomic E-state index is 11.1. The van der Waals surface area contributed by atoms with E-state index in [2.05, 4.69) is 5.32 Å². The van der Waals surface area contributed by atoms with Crippen LogP contribution in [0.3, 0.4) is 0 Å². The Kier molecular flexibility index (Phi) is 3.46. The van der Waals surface area contributed by atoms with Crippen molar-refractivity contribution in [2.24, 2.45) is 0 Å². The van der Waals surface area contributed by atoms with Gasteiger partial charge in [0, 0.05) is 18.2 Å². The Balaban J connectivity index is 2.35. The molecule has 0 bridgehead atoms. The Bertz CT molecular complexity index is 574. The van der Waals surface area contributed by atoms with Crippen LogP contribution < -0.4 is 5.32 Å². The summed E-state index contributed by atoms with van der Waals surface area (Å²) in [6, 6.07) is 5.59. The molecule has 1 heterocycles. The molecule has 0 aliphatic heterocycles. The number of nitro groups is 1. The Morgan fingerprint density at radius 1 is 1.42 bits per heavy atom. The fourth-order valence-electron chi connectivity index (χ4n) is 1.64. The Morgan fingerprint density at radius 2 is 2.21 bits per heavy atom. The minimum absolute atomic E-state index is 0.0128. The van der Waals surface area contributed by atoms with Crippen LogP contribution >= 0.6 is 0 Å². The zero-order valence-electron chi connectivity index (χ0n) is 9.70. The predicted octanol–water partition coefficient (Wildman–Crippen LogP) is 2.50. The zero-order chi connectivity index (χ0) is 13.8. The Hall–Kier alpha value is -2.83. The van der Waals surface area contributed by atoms with Crippen molar-refractivity contribution in [3.8, 4) is 0 Å². The van der Waals surface area contributed by atoms with Crippen molar-refractivity contribution < 1.29 is 19.2 Å². The highest BCUT2D eigenvalue weighted by atomic mass is 16.6. The van der Waals surface area contributed by atoms with E-state index in [1.165, 1.54) is 30.7 Å². The van der Waals surface area contributed by atoms with Crippen LogP contribution in [0.5, 0.6) is 0 Å². The number of furan rings is 1. The molecule has 2 rings (SSSR count). The molecule has 19 heavy (non-hydrogen) atoms. The lowest BCUT2D eigenvalue weighted by Gasteiger charge is -2.08. The molecule has 7 nitrogen and oxygen atoms in total. The minimum atomic E-state index is -1.22. The smallest absolute Gasteiger partial charge is 0.338 e. The molecule has 0 radical (unpaired) electrons. The summed E-state index contributed by atoms with van der Waals surface area (Å²) in [5.41, 5.74) is 0.330. The number of carbonyl (C=O) groups is 1. The number of nitro benzene ring substituents is 1. The second-order valence-corrected chi connectivity index (χ2v) is 3.75. The number of carboxylic acids is 1. The first-order chi connectivity index (χ1) is 9.09. The van der Waals surface area contributed by atoms with E-state index in [1.807, 2.05) is 0 Å². The lowest BCUT2D eigenvalue weighted by Crippen LogP contribution is -2.08. The first-order valence-corrected chi connectivity index (χ1v) is 5.35. The number of para-hydroxylation sites is 1. The molecular formula is C12H10N2O5. The number of anilines is 1. The van der Waals surface area contributed by atoms with Crippen LogP contribution in [-0.4, -0.2) is 16.0 Å². The number of hydrogen-bond donors (Lipinski definition) is 2. The van der Waals surface area contributed by atoms with Gasteiger partial charge in [-0.15, -0.1) is 0 Å². The van der Waals surface area contributed by atoms with Crippen LogP contribution in [0, 0.1) is 10.1 Å². The summed E-state index contributed by atoms with van der Waals surface area (Å²) >= 11 is 0. The Morgan fingerprint density at radius 3 is 2.79 bits per heavy atom. The van der Waals surface area contributed by atoms with E-state index >= 15 is 0 Å². The molecular weight excluding hydrogens is 252 g/mol. The summed E-state index contributed by atoms with van der Waals surface area (Å²) in [4.78, 5) is 21.4. The second-order valence-electron chi connectivity index (χ2n) is 3.75. The molecule has 0 spiro atoms. The lowest BCUT2D eigenvalue weighted by atomic mass is 10.1. The zero-order valence-corrected chi connectivity index (χ0v) is 9.70. The number of nitrogens with zero attached hydrogens (tertiary/aromatic N) is 1. The van der Waals surface area contributed by atoms with Gasteiger partial charge in [0.2, 0.25) is 0 Å². The van der Waals surface area contributed by atoms with Gasteiger partial charge in [0.05, 0.1) is 23.0 Å². The molecule has 1 aromatic carbocycles. The molecule has 0 amide bonds. The van der Waals surface area contributed by atoms with Crippen molar-refractivity contribution >= 4 is 17.3 Å². The topological polar surface area (TPSA) is 106 Å². The van der Waals surface area contributed by atoms with E-state index in [0.29, 0.717) is 0 Å². The van der Waals surface area contributed by atoms with E-state index in [4.69, 9.17) is 9.52 Å². The normalized spacial score (nSPS) is 10.1. The second kappa shape index (κ2) is 5.21. The molecule has 0 unspecified atom stereocenters. The highest BCUT2D eigenvalue weighted by molar-refractivity contribution is 5.96. The molecule has 0 saturated carbocycles. The van der Waals surface area contributed by atoms with Gasteiger partial charge in [-0.1, -0.05) is 6.07 Å². The van der Waals surface area contributed by atoms with E-state index in [0.717, 1.165) is 5.56 Å². The van der Waals surface area contributed by atoms with Crippen LogP contribution in [0.25, 0.3) is 0 Å². The summed E-state index contributed by atoms with van der Waals surface area (Å²) < 4.78 is 4.87. The van der Waals surface area contributed by atoms with Crippen molar-refractivity contribution in [3.05, 3.63) is 58.0 Å². The number of hydrogen-bond acceptors (Lipinski definition) is 5. The van der Waals surface area contributed by atoms with Crippen LogP contribution in [0.2, 0.25) is 0 Å². The minimum Gasteiger partial charge on any atom is -0.478 e. The first-order valence-electron chi connectivity index (χ1n) is 5.35. The van der Waals surface area contributed by atoms with Crippen molar-refractivity contribution in [1.29, 1.82) is 0 Å². The summed E-state index contributed by atoms with van der Waals surface area (Å²) in [7, 11) is 0. The molecule has 0 saturated heterocycles. The molecule has 1 aromatic heterocycles. The van der Waals surface area contributed by atoms with E-state index in [-0.39, 0.29) is 23.5 Å². The van der Waals surface area contributed by atoms with Crippen molar-refractivity contribution in [3.63, 3.8) is 0 Å². The van der Waals surface area contributed by atoms with Crippen LogP contribution in [0.1, 0.15) is 15.9 Å². The van der Waals surface area contributed by atoms with Crippen molar-refractivity contribution in [2.75, 3.05) is 5.32 Å². The SMILES string of the molecule is O=C(O)c1cccc([N+](=O)[O-])c1NCc1ccoc1. The summed E-state index contributed by atoms with van der Waals surface area (Å²) in [6.07, 6.45) is 2.94. The van der Waals surface area contributed by atoms with Gasteiger partial charge in [-0.05, 0) is 12.1 Å². The average Bonchev–Trinajstić information content (AvgIpc) is 2.88. The predicted molar refractivity (Wildman–Crippen MR) is 66.1 cm³/mol. The van der Waals surface area contributed by atoms with Gasteiger partial charge in [-0.3, -0.25) is 10.1 Å². The number of carboxylic acid groups (broad SMARTS) is 1. The maximum atomic E-state index is 11.1. The third-order valence-corrected chi connectivity index (χ3v) is 2.52. The summed E-state index contributed by atoms with van der Waals surface area (Å²) in [5.74, 6) is -1.22. The van der Waals surface area contributed by atoms with Crippen molar-refractivity contribution in [2.45, 2.75) is 6.54 Å². The van der Waals surface area contributed by atoms with E-state index in [1.54, 1.807) is 6.07 Å². The fourth-order valence-corrected chi connectivity index (χ4v) is 1.64. The molecule has 0 aliphatic rings. The average molecular weight is 262 g/mol. The monoisotopic (exact) mass is 262 g/mol. The standard InChI is InChI=1S/C12H10N2O5/c15-12(16)9-2-1-3-10(14(17)18)11(9)13-6-8-4-5-19-7-8/h1-5,7,13H,6H2,(H,15,16). The largest absolute Gasteiger partial charge is 0.478 e.